The maximum absolute atomic E-state index is 11.6. The Bertz CT molecular complexity index is 656. The Morgan fingerprint density at radius 2 is 2.00 bits per heavy atom. The van der Waals surface area contributed by atoms with Crippen LogP contribution in [0.4, 0.5) is 0 Å². The van der Waals surface area contributed by atoms with Crippen LogP contribution in [0.5, 0.6) is 5.75 Å². The molecular formula is C17H18O3. The largest absolute Gasteiger partial charge is 0.508 e. The van der Waals surface area contributed by atoms with Crippen LogP contribution in [0.1, 0.15) is 19.4 Å². The monoisotopic (exact) mass is 270 g/mol. The number of rotatable bonds is 4. The number of phenols is 1. The smallest absolute Gasteiger partial charge is 0.333 e. The lowest BCUT2D eigenvalue weighted by molar-refractivity contribution is -0.138. The summed E-state index contributed by atoms with van der Waals surface area (Å²) in [5.74, 6) is -0.0659. The molecule has 2 aromatic rings. The molecule has 1 N–H and O–H groups in total. The Kier molecular flexibility index (Phi) is 4.41. The van der Waals surface area contributed by atoms with Crippen molar-refractivity contribution in [2.75, 3.05) is 6.61 Å². The van der Waals surface area contributed by atoms with E-state index in [1.54, 1.807) is 26.0 Å². The van der Waals surface area contributed by atoms with E-state index in [2.05, 4.69) is 0 Å². The summed E-state index contributed by atoms with van der Waals surface area (Å²) in [5.41, 5.74) is 1.38. The van der Waals surface area contributed by atoms with Gasteiger partial charge in [0.2, 0.25) is 0 Å². The topological polar surface area (TPSA) is 46.5 Å². The molecular weight excluding hydrogens is 252 g/mol. The third-order valence-electron chi connectivity index (χ3n) is 3.23. The number of allylic oxidation sites excluding steroid dienone is 1. The van der Waals surface area contributed by atoms with Gasteiger partial charge in [-0.25, -0.2) is 4.79 Å². The maximum atomic E-state index is 11.6. The van der Waals surface area contributed by atoms with Crippen LogP contribution < -0.4 is 0 Å². The van der Waals surface area contributed by atoms with Gasteiger partial charge in [-0.15, -0.1) is 0 Å². The van der Waals surface area contributed by atoms with Crippen molar-refractivity contribution in [3.8, 4) is 5.75 Å². The number of benzene rings is 2. The van der Waals surface area contributed by atoms with Gasteiger partial charge in [0.25, 0.3) is 0 Å². The van der Waals surface area contributed by atoms with E-state index in [0.29, 0.717) is 18.6 Å². The van der Waals surface area contributed by atoms with E-state index in [4.69, 9.17) is 4.74 Å². The highest BCUT2D eigenvalue weighted by Gasteiger charge is 2.08. The average molecular weight is 270 g/mol. The summed E-state index contributed by atoms with van der Waals surface area (Å²) in [6, 6.07) is 11.4. The van der Waals surface area contributed by atoms with Crippen molar-refractivity contribution < 1.29 is 14.6 Å². The van der Waals surface area contributed by atoms with Gasteiger partial charge in [0.1, 0.15) is 5.75 Å². The molecule has 0 radical (unpaired) electrons. The zero-order valence-corrected chi connectivity index (χ0v) is 11.7. The lowest BCUT2D eigenvalue weighted by Crippen LogP contribution is -2.05. The van der Waals surface area contributed by atoms with Crippen LogP contribution in [0.2, 0.25) is 0 Å². The quantitative estimate of drug-likeness (QED) is 0.682. The molecule has 0 aliphatic carbocycles. The molecule has 0 amide bonds. The van der Waals surface area contributed by atoms with E-state index < -0.39 is 0 Å². The predicted octanol–water partition coefficient (Wildman–Crippen LogP) is 3.60. The van der Waals surface area contributed by atoms with Gasteiger partial charge in [-0.2, -0.15) is 0 Å². The van der Waals surface area contributed by atoms with Crippen molar-refractivity contribution in [3.63, 3.8) is 0 Å². The molecule has 0 fully saturated rings. The molecule has 0 atom stereocenters. The van der Waals surface area contributed by atoms with E-state index in [0.717, 1.165) is 16.3 Å². The minimum absolute atomic E-state index is 0.247. The Balaban J connectivity index is 2.32. The van der Waals surface area contributed by atoms with Crippen LogP contribution >= 0.6 is 0 Å². The van der Waals surface area contributed by atoms with E-state index in [-0.39, 0.29) is 11.7 Å². The fourth-order valence-corrected chi connectivity index (χ4v) is 2.12. The molecule has 0 aromatic heterocycles. The summed E-state index contributed by atoms with van der Waals surface area (Å²) in [6.07, 6.45) is 2.29. The third kappa shape index (κ3) is 2.99. The predicted molar refractivity (Wildman–Crippen MR) is 79.7 cm³/mol. The number of hydrogen-bond acceptors (Lipinski definition) is 3. The summed E-state index contributed by atoms with van der Waals surface area (Å²) >= 11 is 0. The Morgan fingerprint density at radius 1 is 1.25 bits per heavy atom. The molecule has 0 heterocycles. The second-order valence-electron chi connectivity index (χ2n) is 4.60. The first-order valence-corrected chi connectivity index (χ1v) is 6.67. The van der Waals surface area contributed by atoms with Crippen LogP contribution in [0.15, 0.2) is 48.0 Å². The minimum atomic E-state index is -0.313. The van der Waals surface area contributed by atoms with Crippen molar-refractivity contribution in [2.45, 2.75) is 20.3 Å². The summed E-state index contributed by atoms with van der Waals surface area (Å²) in [5, 5.41) is 12.1. The van der Waals surface area contributed by atoms with Crippen molar-refractivity contribution in [3.05, 3.63) is 53.6 Å². The molecule has 104 valence electrons. The molecule has 0 bridgehead atoms. The molecule has 2 aromatic carbocycles. The van der Waals surface area contributed by atoms with E-state index in [1.165, 1.54) is 0 Å². The van der Waals surface area contributed by atoms with Crippen molar-refractivity contribution in [1.29, 1.82) is 0 Å². The first-order chi connectivity index (χ1) is 9.63. The standard InChI is InChI=1S/C17H18O3/c1-3-20-17(19)12(2)8-10-15-14-7-5-4-6-13(14)9-11-16(15)18/h4-9,11,18H,3,10H2,1-2H3/b12-8-. The van der Waals surface area contributed by atoms with Crippen LogP contribution in [0.25, 0.3) is 10.8 Å². The van der Waals surface area contributed by atoms with Crippen molar-refractivity contribution in [2.24, 2.45) is 0 Å². The molecule has 3 heteroatoms. The maximum Gasteiger partial charge on any atom is 0.333 e. The average Bonchev–Trinajstić information content (AvgIpc) is 2.46. The highest BCUT2D eigenvalue weighted by atomic mass is 16.5. The summed E-state index contributed by atoms with van der Waals surface area (Å²) in [4.78, 5) is 11.6. The molecule has 0 unspecified atom stereocenters. The molecule has 0 aliphatic rings. The molecule has 0 saturated carbocycles. The minimum Gasteiger partial charge on any atom is -0.508 e. The summed E-state index contributed by atoms with van der Waals surface area (Å²) in [7, 11) is 0. The second kappa shape index (κ2) is 6.24. The third-order valence-corrected chi connectivity index (χ3v) is 3.23. The second-order valence-corrected chi connectivity index (χ2v) is 4.60. The summed E-state index contributed by atoms with van der Waals surface area (Å²) < 4.78 is 4.94. The zero-order valence-electron chi connectivity index (χ0n) is 11.7. The highest BCUT2D eigenvalue weighted by Crippen LogP contribution is 2.27. The summed E-state index contributed by atoms with van der Waals surface area (Å²) in [6.45, 7) is 3.87. The van der Waals surface area contributed by atoms with Crippen LogP contribution in [0.3, 0.4) is 0 Å². The molecule has 0 saturated heterocycles. The van der Waals surface area contributed by atoms with Gasteiger partial charge in [-0.3, -0.25) is 0 Å². The zero-order chi connectivity index (χ0) is 14.5. The molecule has 2 rings (SSSR count). The van der Waals surface area contributed by atoms with E-state index in [9.17, 15) is 9.90 Å². The van der Waals surface area contributed by atoms with Crippen molar-refractivity contribution in [1.82, 2.24) is 0 Å². The van der Waals surface area contributed by atoms with E-state index >= 15 is 0 Å². The van der Waals surface area contributed by atoms with Crippen LogP contribution in [0, 0.1) is 0 Å². The SMILES string of the molecule is CCOC(=O)/C(C)=C\Cc1c(O)ccc2ccccc12. The number of esters is 1. The fourth-order valence-electron chi connectivity index (χ4n) is 2.12. The number of fused-ring (bicyclic) bond motifs is 1. The number of aromatic hydroxyl groups is 1. The first kappa shape index (κ1) is 14.1. The Morgan fingerprint density at radius 3 is 2.75 bits per heavy atom. The normalized spacial score (nSPS) is 11.6. The number of carbonyl (C=O) groups excluding carboxylic acids is 1. The van der Waals surface area contributed by atoms with Gasteiger partial charge in [0.15, 0.2) is 0 Å². The van der Waals surface area contributed by atoms with Crippen LogP contribution in [-0.4, -0.2) is 17.7 Å². The Hall–Kier alpha value is -2.29. The van der Waals surface area contributed by atoms with Gasteiger partial charge in [0, 0.05) is 11.1 Å². The fraction of sp³-hybridized carbons (Fsp3) is 0.235. The van der Waals surface area contributed by atoms with Gasteiger partial charge in [-0.05, 0) is 37.1 Å². The van der Waals surface area contributed by atoms with Gasteiger partial charge < -0.3 is 9.84 Å². The van der Waals surface area contributed by atoms with E-state index in [1.807, 2.05) is 30.3 Å². The van der Waals surface area contributed by atoms with Gasteiger partial charge in [-0.1, -0.05) is 36.4 Å². The Labute approximate surface area is 118 Å². The van der Waals surface area contributed by atoms with Crippen LogP contribution in [-0.2, 0) is 16.0 Å². The lowest BCUT2D eigenvalue weighted by Gasteiger charge is -2.08. The molecule has 0 spiro atoms. The molecule has 20 heavy (non-hydrogen) atoms. The highest BCUT2D eigenvalue weighted by molar-refractivity contribution is 5.89. The lowest BCUT2D eigenvalue weighted by atomic mass is 10.00. The molecule has 3 nitrogen and oxygen atoms in total. The number of phenolic OH excluding ortho intramolecular Hbond substituents is 1. The molecule has 0 aliphatic heterocycles. The first-order valence-electron chi connectivity index (χ1n) is 6.67. The van der Waals surface area contributed by atoms with Crippen molar-refractivity contribution >= 4 is 16.7 Å². The number of hydrogen-bond donors (Lipinski definition) is 1. The number of carbonyl (C=O) groups is 1. The van der Waals surface area contributed by atoms with Gasteiger partial charge >= 0.3 is 5.97 Å². The van der Waals surface area contributed by atoms with Gasteiger partial charge in [0.05, 0.1) is 6.61 Å². The number of ether oxygens (including phenoxy) is 1.